The molecule has 0 saturated carbocycles. The van der Waals surface area contributed by atoms with Crippen LogP contribution >= 0.6 is 0 Å². The van der Waals surface area contributed by atoms with Crippen LogP contribution in [0.4, 0.5) is 0 Å². The van der Waals surface area contributed by atoms with Gasteiger partial charge in [0.05, 0.1) is 12.8 Å². The van der Waals surface area contributed by atoms with Crippen molar-refractivity contribution in [1.29, 1.82) is 0 Å². The molecule has 0 radical (unpaired) electrons. The number of piperidine rings is 2. The van der Waals surface area contributed by atoms with Crippen LogP contribution in [0.25, 0.3) is 0 Å². The quantitative estimate of drug-likeness (QED) is 0.758. The molecule has 9 heteroatoms. The Kier molecular flexibility index (Phi) is 6.00. The zero-order valence-corrected chi connectivity index (χ0v) is 17.0. The molecule has 3 rings (SSSR count). The summed E-state index contributed by atoms with van der Waals surface area (Å²) in [6.45, 7) is 5.85. The SMILES string of the molecule is Cc1cc(O[C@H]2CCCN(C(=O)C3CCN(S(C)(=O)=O)CC3)C2)nc(C)n1. The number of sulfonamides is 1. The number of hydrogen-bond acceptors (Lipinski definition) is 6. The Labute approximate surface area is 161 Å². The van der Waals surface area contributed by atoms with Gasteiger partial charge in [-0.05, 0) is 39.5 Å². The van der Waals surface area contributed by atoms with Gasteiger partial charge < -0.3 is 9.64 Å². The number of rotatable bonds is 4. The van der Waals surface area contributed by atoms with Gasteiger partial charge in [-0.1, -0.05) is 0 Å². The number of amides is 1. The summed E-state index contributed by atoms with van der Waals surface area (Å²) in [5, 5.41) is 0. The predicted octanol–water partition coefficient (Wildman–Crippen LogP) is 1.13. The van der Waals surface area contributed by atoms with E-state index in [0.29, 0.717) is 44.2 Å². The molecule has 2 aliphatic heterocycles. The van der Waals surface area contributed by atoms with Crippen LogP contribution in [0, 0.1) is 19.8 Å². The molecule has 0 spiro atoms. The molecule has 2 fully saturated rings. The second kappa shape index (κ2) is 8.10. The minimum Gasteiger partial charge on any atom is -0.472 e. The summed E-state index contributed by atoms with van der Waals surface area (Å²) < 4.78 is 30.7. The Morgan fingerprint density at radius 1 is 1.15 bits per heavy atom. The summed E-state index contributed by atoms with van der Waals surface area (Å²) >= 11 is 0. The topological polar surface area (TPSA) is 92.7 Å². The van der Waals surface area contributed by atoms with Crippen molar-refractivity contribution in [2.45, 2.75) is 45.6 Å². The third-order valence-corrected chi connectivity index (χ3v) is 6.50. The molecule has 8 nitrogen and oxygen atoms in total. The highest BCUT2D eigenvalue weighted by molar-refractivity contribution is 7.88. The van der Waals surface area contributed by atoms with Gasteiger partial charge in [0.2, 0.25) is 21.8 Å². The monoisotopic (exact) mass is 396 g/mol. The molecular formula is C18H28N4O4S. The standard InChI is InChI=1S/C18H28N4O4S/c1-13-11-17(20-14(2)19-13)26-16-5-4-8-21(12-16)18(23)15-6-9-22(10-7-15)27(3,24)25/h11,15-16H,4-10,12H2,1-3H3/t16-/m0/s1. The number of hydrogen-bond donors (Lipinski definition) is 0. The van der Waals surface area contributed by atoms with Gasteiger partial charge in [0.15, 0.2) is 0 Å². The van der Waals surface area contributed by atoms with E-state index in [2.05, 4.69) is 9.97 Å². The lowest BCUT2D eigenvalue weighted by atomic mass is 9.95. The fourth-order valence-electron chi connectivity index (χ4n) is 3.84. The molecule has 1 aromatic heterocycles. The van der Waals surface area contributed by atoms with Gasteiger partial charge in [0.1, 0.15) is 11.9 Å². The zero-order valence-electron chi connectivity index (χ0n) is 16.2. The van der Waals surface area contributed by atoms with Crippen molar-refractivity contribution < 1.29 is 17.9 Å². The second-order valence-electron chi connectivity index (χ2n) is 7.50. The van der Waals surface area contributed by atoms with Crippen molar-refractivity contribution in [1.82, 2.24) is 19.2 Å². The van der Waals surface area contributed by atoms with Crippen molar-refractivity contribution in [2.24, 2.45) is 5.92 Å². The van der Waals surface area contributed by atoms with E-state index in [1.54, 1.807) is 0 Å². The maximum absolute atomic E-state index is 12.9. The largest absolute Gasteiger partial charge is 0.472 e. The third-order valence-electron chi connectivity index (χ3n) is 5.19. The van der Waals surface area contributed by atoms with E-state index in [1.165, 1.54) is 10.6 Å². The van der Waals surface area contributed by atoms with Crippen LogP contribution in [0.15, 0.2) is 6.07 Å². The van der Waals surface area contributed by atoms with Crippen LogP contribution in [0.1, 0.15) is 37.2 Å². The molecule has 0 aliphatic carbocycles. The molecule has 1 aromatic rings. The molecule has 1 amide bonds. The fourth-order valence-corrected chi connectivity index (χ4v) is 4.72. The lowest BCUT2D eigenvalue weighted by molar-refractivity contribution is -0.139. The first-order chi connectivity index (χ1) is 12.7. The summed E-state index contributed by atoms with van der Waals surface area (Å²) in [6, 6.07) is 1.81. The number of carbonyl (C=O) groups is 1. The van der Waals surface area contributed by atoms with Gasteiger partial charge in [-0.2, -0.15) is 4.98 Å². The van der Waals surface area contributed by atoms with E-state index in [1.807, 2.05) is 24.8 Å². The smallest absolute Gasteiger partial charge is 0.225 e. The average molecular weight is 397 g/mol. The first kappa shape index (κ1) is 20.0. The van der Waals surface area contributed by atoms with Crippen molar-refractivity contribution in [3.63, 3.8) is 0 Å². The number of aryl methyl sites for hydroxylation is 2. The Balaban J connectivity index is 1.57. The van der Waals surface area contributed by atoms with E-state index in [9.17, 15) is 13.2 Å². The Hall–Kier alpha value is -1.74. The normalized spacial score (nSPS) is 22.6. The maximum atomic E-state index is 12.9. The van der Waals surface area contributed by atoms with Crippen molar-refractivity contribution >= 4 is 15.9 Å². The molecule has 150 valence electrons. The van der Waals surface area contributed by atoms with Crippen LogP contribution in [-0.2, 0) is 14.8 Å². The van der Waals surface area contributed by atoms with Crippen LogP contribution in [0.5, 0.6) is 5.88 Å². The van der Waals surface area contributed by atoms with Crippen LogP contribution in [-0.4, -0.2) is 72.0 Å². The van der Waals surface area contributed by atoms with Crippen molar-refractivity contribution in [2.75, 3.05) is 32.4 Å². The number of nitrogens with zero attached hydrogens (tertiary/aromatic N) is 4. The molecular weight excluding hydrogens is 368 g/mol. The van der Waals surface area contributed by atoms with Crippen molar-refractivity contribution in [3.8, 4) is 5.88 Å². The van der Waals surface area contributed by atoms with Crippen LogP contribution in [0.2, 0.25) is 0 Å². The van der Waals surface area contributed by atoms with Gasteiger partial charge in [-0.15, -0.1) is 0 Å². The van der Waals surface area contributed by atoms with Crippen molar-refractivity contribution in [3.05, 3.63) is 17.6 Å². The molecule has 0 bridgehead atoms. The summed E-state index contributed by atoms with van der Waals surface area (Å²) in [5.41, 5.74) is 0.860. The molecule has 27 heavy (non-hydrogen) atoms. The van der Waals surface area contributed by atoms with E-state index in [4.69, 9.17) is 4.74 Å². The number of likely N-dealkylation sites (tertiary alicyclic amines) is 1. The van der Waals surface area contributed by atoms with Crippen LogP contribution < -0.4 is 4.74 Å². The molecule has 1 atom stereocenters. The lowest BCUT2D eigenvalue weighted by Crippen LogP contribution is -2.49. The average Bonchev–Trinajstić information content (AvgIpc) is 2.60. The summed E-state index contributed by atoms with van der Waals surface area (Å²) in [4.78, 5) is 23.3. The first-order valence-corrected chi connectivity index (χ1v) is 11.3. The highest BCUT2D eigenvalue weighted by Crippen LogP contribution is 2.24. The maximum Gasteiger partial charge on any atom is 0.225 e. The minimum atomic E-state index is -3.17. The molecule has 2 aliphatic rings. The van der Waals surface area contributed by atoms with E-state index < -0.39 is 10.0 Å². The summed E-state index contributed by atoms with van der Waals surface area (Å²) in [7, 11) is -3.17. The Morgan fingerprint density at radius 3 is 2.48 bits per heavy atom. The van der Waals surface area contributed by atoms with Gasteiger partial charge in [-0.3, -0.25) is 4.79 Å². The molecule has 0 aromatic carbocycles. The first-order valence-electron chi connectivity index (χ1n) is 9.45. The molecule has 0 N–H and O–H groups in total. The van der Waals surface area contributed by atoms with E-state index in [0.717, 1.165) is 25.1 Å². The van der Waals surface area contributed by atoms with Gasteiger partial charge >= 0.3 is 0 Å². The Bertz CT molecular complexity index is 770. The van der Waals surface area contributed by atoms with Gasteiger partial charge in [0, 0.05) is 37.3 Å². The minimum absolute atomic E-state index is 0.0764. The molecule has 3 heterocycles. The second-order valence-corrected chi connectivity index (χ2v) is 9.48. The number of aromatic nitrogens is 2. The van der Waals surface area contributed by atoms with Crippen LogP contribution in [0.3, 0.4) is 0 Å². The predicted molar refractivity (Wildman–Crippen MR) is 101 cm³/mol. The zero-order chi connectivity index (χ0) is 19.6. The van der Waals surface area contributed by atoms with Gasteiger partial charge in [-0.25, -0.2) is 17.7 Å². The summed E-state index contributed by atoms with van der Waals surface area (Å²) in [6.07, 6.45) is 4.09. The number of carbonyl (C=O) groups excluding carboxylic acids is 1. The highest BCUT2D eigenvalue weighted by atomic mass is 32.2. The molecule has 2 saturated heterocycles. The van der Waals surface area contributed by atoms with E-state index in [-0.39, 0.29) is 17.9 Å². The van der Waals surface area contributed by atoms with E-state index >= 15 is 0 Å². The Morgan fingerprint density at radius 2 is 1.85 bits per heavy atom. The third kappa shape index (κ3) is 5.16. The highest BCUT2D eigenvalue weighted by Gasteiger charge is 2.33. The molecule has 0 unspecified atom stereocenters. The summed E-state index contributed by atoms with van der Waals surface area (Å²) in [5.74, 6) is 1.24. The fraction of sp³-hybridized carbons (Fsp3) is 0.722. The lowest BCUT2D eigenvalue weighted by Gasteiger charge is -2.37. The van der Waals surface area contributed by atoms with Gasteiger partial charge in [0.25, 0.3) is 0 Å². The number of ether oxygens (including phenoxy) is 1.